The van der Waals surface area contributed by atoms with E-state index in [0.717, 1.165) is 10.0 Å². The number of halogens is 1. The molecule has 0 fully saturated rings. The van der Waals surface area contributed by atoms with Gasteiger partial charge < -0.3 is 14.2 Å². The molecule has 0 aliphatic rings. The van der Waals surface area contributed by atoms with Crippen molar-refractivity contribution in [1.29, 1.82) is 0 Å². The monoisotopic (exact) mass is 434 g/mol. The normalized spacial score (nSPS) is 10.7. The van der Waals surface area contributed by atoms with Crippen LogP contribution in [0.3, 0.4) is 0 Å². The molecular weight excluding hydrogens is 412 g/mol. The molecule has 0 aromatic heterocycles. The molecule has 2 rings (SSSR count). The number of amides is 1. The van der Waals surface area contributed by atoms with Crippen LogP contribution in [0.4, 0.5) is 0 Å². The lowest BCUT2D eigenvalue weighted by atomic mass is 10.1. The first kappa shape index (κ1) is 20.8. The average molecular weight is 435 g/mol. The van der Waals surface area contributed by atoms with Crippen molar-refractivity contribution < 1.29 is 19.0 Å². The third-order valence-electron chi connectivity index (χ3n) is 3.45. The molecule has 0 radical (unpaired) electrons. The minimum atomic E-state index is -0.372. The van der Waals surface area contributed by atoms with Crippen LogP contribution in [0.25, 0.3) is 0 Å². The minimum absolute atomic E-state index is 0.370. The van der Waals surface area contributed by atoms with Crippen LogP contribution in [-0.4, -0.2) is 31.9 Å². The SMILES string of the molecule is CCOc1cc(C(=O)NN=Cc2ccccc2Br)cc(OCC)c1OCC. The summed E-state index contributed by atoms with van der Waals surface area (Å²) in [6.45, 7) is 6.95. The zero-order valence-corrected chi connectivity index (χ0v) is 17.2. The predicted octanol–water partition coefficient (Wildman–Crippen LogP) is 4.41. The molecule has 0 atom stereocenters. The van der Waals surface area contributed by atoms with Gasteiger partial charge in [-0.15, -0.1) is 0 Å². The van der Waals surface area contributed by atoms with E-state index in [0.29, 0.717) is 42.6 Å². The summed E-state index contributed by atoms with van der Waals surface area (Å²) in [5.74, 6) is 1.05. The zero-order valence-electron chi connectivity index (χ0n) is 15.6. The van der Waals surface area contributed by atoms with Crippen molar-refractivity contribution in [3.05, 3.63) is 52.0 Å². The van der Waals surface area contributed by atoms with E-state index in [2.05, 4.69) is 26.5 Å². The number of benzene rings is 2. The fourth-order valence-electron chi connectivity index (χ4n) is 2.32. The van der Waals surface area contributed by atoms with Gasteiger partial charge in [0, 0.05) is 15.6 Å². The topological polar surface area (TPSA) is 69.2 Å². The van der Waals surface area contributed by atoms with Crippen LogP contribution in [0.5, 0.6) is 17.2 Å². The van der Waals surface area contributed by atoms with Crippen molar-refractivity contribution in [2.24, 2.45) is 5.10 Å². The fraction of sp³-hybridized carbons (Fsp3) is 0.300. The maximum Gasteiger partial charge on any atom is 0.271 e. The molecule has 27 heavy (non-hydrogen) atoms. The third-order valence-corrected chi connectivity index (χ3v) is 4.17. The Bertz CT molecular complexity index is 781. The van der Waals surface area contributed by atoms with Crippen molar-refractivity contribution >= 4 is 28.1 Å². The lowest BCUT2D eigenvalue weighted by molar-refractivity contribution is 0.0954. The molecule has 7 heteroatoms. The fourth-order valence-corrected chi connectivity index (χ4v) is 2.71. The highest BCUT2D eigenvalue weighted by molar-refractivity contribution is 9.10. The molecule has 1 amide bonds. The Morgan fingerprint density at radius 3 is 2.19 bits per heavy atom. The summed E-state index contributed by atoms with van der Waals surface area (Å²) < 4.78 is 17.8. The van der Waals surface area contributed by atoms with Crippen molar-refractivity contribution in [3.63, 3.8) is 0 Å². The van der Waals surface area contributed by atoms with Gasteiger partial charge in [-0.2, -0.15) is 5.10 Å². The Kier molecular flexibility index (Phi) is 8.13. The maximum atomic E-state index is 12.5. The molecule has 0 bridgehead atoms. The smallest absolute Gasteiger partial charge is 0.271 e. The van der Waals surface area contributed by atoms with Crippen LogP contribution in [0.1, 0.15) is 36.7 Å². The molecule has 0 saturated carbocycles. The van der Waals surface area contributed by atoms with E-state index in [9.17, 15) is 4.79 Å². The Balaban J connectivity index is 2.25. The molecule has 144 valence electrons. The van der Waals surface area contributed by atoms with Gasteiger partial charge in [0.15, 0.2) is 11.5 Å². The molecule has 2 aromatic rings. The van der Waals surface area contributed by atoms with Crippen molar-refractivity contribution in [2.75, 3.05) is 19.8 Å². The van der Waals surface area contributed by atoms with E-state index in [-0.39, 0.29) is 5.91 Å². The minimum Gasteiger partial charge on any atom is -0.490 e. The van der Waals surface area contributed by atoms with E-state index >= 15 is 0 Å². The van der Waals surface area contributed by atoms with Crippen LogP contribution in [-0.2, 0) is 0 Å². The second-order valence-electron chi connectivity index (χ2n) is 5.32. The van der Waals surface area contributed by atoms with E-state index in [4.69, 9.17) is 14.2 Å². The molecule has 0 heterocycles. The first-order valence-electron chi connectivity index (χ1n) is 8.75. The molecule has 6 nitrogen and oxygen atoms in total. The Labute approximate surface area is 167 Å². The molecule has 2 aromatic carbocycles. The number of nitrogens with zero attached hydrogens (tertiary/aromatic N) is 1. The number of hydrogen-bond acceptors (Lipinski definition) is 5. The average Bonchev–Trinajstić information content (AvgIpc) is 2.66. The summed E-state index contributed by atoms with van der Waals surface area (Å²) in [5.41, 5.74) is 3.75. The number of hydrazone groups is 1. The lowest BCUT2D eigenvalue weighted by Gasteiger charge is -2.16. The van der Waals surface area contributed by atoms with Crippen LogP contribution >= 0.6 is 15.9 Å². The van der Waals surface area contributed by atoms with Gasteiger partial charge in [-0.1, -0.05) is 34.1 Å². The van der Waals surface area contributed by atoms with Crippen LogP contribution in [0.2, 0.25) is 0 Å². The van der Waals surface area contributed by atoms with Crippen LogP contribution in [0, 0.1) is 0 Å². The summed E-state index contributed by atoms with van der Waals surface area (Å²) in [5, 5.41) is 4.02. The molecule has 0 spiro atoms. The van der Waals surface area contributed by atoms with Crippen molar-refractivity contribution in [1.82, 2.24) is 5.43 Å². The highest BCUT2D eigenvalue weighted by Gasteiger charge is 2.18. The van der Waals surface area contributed by atoms with Gasteiger partial charge in [0.1, 0.15) is 0 Å². The number of hydrogen-bond donors (Lipinski definition) is 1. The van der Waals surface area contributed by atoms with Gasteiger partial charge in [-0.3, -0.25) is 4.79 Å². The van der Waals surface area contributed by atoms with E-state index in [1.807, 2.05) is 45.0 Å². The number of rotatable bonds is 9. The summed E-state index contributed by atoms with van der Waals surface area (Å²) in [7, 11) is 0. The summed E-state index contributed by atoms with van der Waals surface area (Å²) in [6, 6.07) is 10.8. The summed E-state index contributed by atoms with van der Waals surface area (Å²) in [6.07, 6.45) is 1.57. The lowest BCUT2D eigenvalue weighted by Crippen LogP contribution is -2.18. The molecule has 0 aliphatic carbocycles. The van der Waals surface area contributed by atoms with Gasteiger partial charge in [0.25, 0.3) is 5.91 Å². The summed E-state index contributed by atoms with van der Waals surface area (Å²) in [4.78, 5) is 12.5. The number of carbonyl (C=O) groups is 1. The predicted molar refractivity (Wildman–Crippen MR) is 109 cm³/mol. The molecule has 0 saturated heterocycles. The molecule has 0 unspecified atom stereocenters. The van der Waals surface area contributed by atoms with Gasteiger partial charge in [0.2, 0.25) is 5.75 Å². The highest BCUT2D eigenvalue weighted by atomic mass is 79.9. The van der Waals surface area contributed by atoms with E-state index < -0.39 is 0 Å². The number of ether oxygens (including phenoxy) is 3. The van der Waals surface area contributed by atoms with Gasteiger partial charge in [-0.05, 0) is 39.0 Å². The van der Waals surface area contributed by atoms with Gasteiger partial charge >= 0.3 is 0 Å². The number of carbonyl (C=O) groups excluding carboxylic acids is 1. The summed E-state index contributed by atoms with van der Waals surface area (Å²) >= 11 is 3.43. The van der Waals surface area contributed by atoms with Crippen molar-refractivity contribution in [2.45, 2.75) is 20.8 Å². The highest BCUT2D eigenvalue weighted by Crippen LogP contribution is 2.39. The zero-order chi connectivity index (χ0) is 19.6. The van der Waals surface area contributed by atoms with E-state index in [1.54, 1.807) is 18.3 Å². The van der Waals surface area contributed by atoms with Crippen LogP contribution in [0.15, 0.2) is 46.0 Å². The standard InChI is InChI=1S/C20H23BrN2O4/c1-4-25-17-11-15(12-18(26-5-2)19(17)27-6-3)20(24)23-22-13-14-9-7-8-10-16(14)21/h7-13H,4-6H2,1-3H3,(H,23,24). The first-order valence-corrected chi connectivity index (χ1v) is 9.54. The van der Waals surface area contributed by atoms with E-state index in [1.165, 1.54) is 0 Å². The molecule has 1 N–H and O–H groups in total. The second-order valence-corrected chi connectivity index (χ2v) is 6.18. The Morgan fingerprint density at radius 1 is 1.04 bits per heavy atom. The third kappa shape index (κ3) is 5.72. The quantitative estimate of drug-likeness (QED) is 0.468. The molecule has 0 aliphatic heterocycles. The largest absolute Gasteiger partial charge is 0.490 e. The molecular formula is C20H23BrN2O4. The van der Waals surface area contributed by atoms with Gasteiger partial charge in [-0.25, -0.2) is 5.43 Å². The number of nitrogens with one attached hydrogen (secondary N) is 1. The Morgan fingerprint density at radius 2 is 1.63 bits per heavy atom. The van der Waals surface area contributed by atoms with Crippen LogP contribution < -0.4 is 19.6 Å². The maximum absolute atomic E-state index is 12.5. The first-order chi connectivity index (χ1) is 13.1. The van der Waals surface area contributed by atoms with Gasteiger partial charge in [0.05, 0.1) is 26.0 Å². The Hall–Kier alpha value is -2.54. The van der Waals surface area contributed by atoms with Crippen molar-refractivity contribution in [3.8, 4) is 17.2 Å². The second kappa shape index (κ2) is 10.6.